The van der Waals surface area contributed by atoms with Gasteiger partial charge < -0.3 is 0 Å². The molecule has 0 aliphatic heterocycles. The number of benzene rings is 1. The second kappa shape index (κ2) is 5.50. The molecule has 3 nitrogen and oxygen atoms in total. The van der Waals surface area contributed by atoms with Crippen LogP contribution in [0.2, 0.25) is 5.02 Å². The summed E-state index contributed by atoms with van der Waals surface area (Å²) in [4.78, 5) is 0. The van der Waals surface area contributed by atoms with Crippen molar-refractivity contribution in [3.8, 4) is 0 Å². The number of nitrogens with one attached hydrogen (secondary N) is 1. The molecule has 2 rings (SSSR count). The monoisotopic (exact) mass is 429 g/mol. The van der Waals surface area contributed by atoms with Crippen LogP contribution in [0.1, 0.15) is 0 Å². The van der Waals surface area contributed by atoms with E-state index in [2.05, 4.69) is 36.6 Å². The Balaban J connectivity index is 2.34. The number of anilines is 1. The van der Waals surface area contributed by atoms with E-state index in [1.165, 1.54) is 0 Å². The second-order valence-corrected chi connectivity index (χ2v) is 8.20. The smallest absolute Gasteiger partial charge is 0.272 e. The van der Waals surface area contributed by atoms with E-state index in [-0.39, 0.29) is 4.21 Å². The van der Waals surface area contributed by atoms with Gasteiger partial charge in [-0.2, -0.15) is 0 Å². The maximum atomic E-state index is 12.1. The average Bonchev–Trinajstić information content (AvgIpc) is 2.70. The fourth-order valence-corrected chi connectivity index (χ4v) is 5.12. The van der Waals surface area contributed by atoms with Gasteiger partial charge in [0.1, 0.15) is 0 Å². The fourth-order valence-electron chi connectivity index (χ4n) is 1.23. The highest BCUT2D eigenvalue weighted by Gasteiger charge is 2.19. The van der Waals surface area contributed by atoms with E-state index in [0.29, 0.717) is 19.7 Å². The zero-order chi connectivity index (χ0) is 13.3. The lowest BCUT2D eigenvalue weighted by atomic mass is 10.3. The van der Waals surface area contributed by atoms with Crippen molar-refractivity contribution in [1.82, 2.24) is 0 Å². The van der Waals surface area contributed by atoms with Gasteiger partial charge in [0.05, 0.1) is 10.7 Å². The Bertz CT molecular complexity index is 685. The minimum Gasteiger partial charge on any atom is -0.279 e. The Hall–Kier alpha value is -0.0800. The van der Waals surface area contributed by atoms with Crippen LogP contribution in [0.4, 0.5) is 5.69 Å². The van der Waals surface area contributed by atoms with E-state index >= 15 is 0 Å². The van der Waals surface area contributed by atoms with Gasteiger partial charge >= 0.3 is 0 Å². The lowest BCUT2D eigenvalue weighted by molar-refractivity contribution is 0.603. The quantitative estimate of drug-likeness (QED) is 0.764. The molecule has 0 saturated carbocycles. The van der Waals surface area contributed by atoms with Crippen LogP contribution >= 0.6 is 54.8 Å². The summed E-state index contributed by atoms with van der Waals surface area (Å²) in [7, 11) is -3.57. The molecule has 8 heteroatoms. The van der Waals surface area contributed by atoms with E-state index < -0.39 is 10.0 Å². The zero-order valence-electron chi connectivity index (χ0n) is 8.65. The first-order valence-corrected chi connectivity index (χ1v) is 8.94. The molecule has 0 bridgehead atoms. The molecular weight excluding hydrogens is 426 g/mol. The normalized spacial score (nSPS) is 11.5. The Kier molecular flexibility index (Phi) is 4.38. The predicted molar refractivity (Wildman–Crippen MR) is 82.0 cm³/mol. The Labute approximate surface area is 130 Å². The van der Waals surface area contributed by atoms with Crippen LogP contribution in [0.5, 0.6) is 0 Å². The average molecular weight is 432 g/mol. The molecule has 0 spiro atoms. The third-order valence-corrected chi connectivity index (χ3v) is 7.27. The topological polar surface area (TPSA) is 46.2 Å². The molecule has 0 aliphatic carbocycles. The first kappa shape index (κ1) is 14.3. The largest absolute Gasteiger partial charge is 0.279 e. The third-order valence-electron chi connectivity index (χ3n) is 2.00. The number of halogens is 3. The fraction of sp³-hybridized carbons (Fsp3) is 0. The summed E-state index contributed by atoms with van der Waals surface area (Å²) in [6.45, 7) is 0. The lowest BCUT2D eigenvalue weighted by Crippen LogP contribution is -2.11. The SMILES string of the molecule is O=S(=O)(Nc1ccc(Cl)c(Br)c1)c1sccc1Br. The van der Waals surface area contributed by atoms with Gasteiger partial charge in [-0.05, 0) is 61.5 Å². The van der Waals surface area contributed by atoms with Crippen molar-refractivity contribution in [2.45, 2.75) is 4.21 Å². The lowest BCUT2D eigenvalue weighted by Gasteiger charge is -2.07. The van der Waals surface area contributed by atoms with Gasteiger partial charge in [-0.15, -0.1) is 11.3 Å². The molecule has 0 unspecified atom stereocenters. The molecule has 0 aliphatic rings. The number of thiophene rings is 1. The van der Waals surface area contributed by atoms with Gasteiger partial charge in [-0.3, -0.25) is 4.72 Å². The second-order valence-electron chi connectivity index (χ2n) is 3.29. The van der Waals surface area contributed by atoms with Crippen molar-refractivity contribution < 1.29 is 8.42 Å². The standard InChI is InChI=1S/C10H6Br2ClNO2S2/c11-7-3-4-17-10(7)18(15,16)14-6-1-2-9(13)8(12)5-6/h1-5,14H. The van der Waals surface area contributed by atoms with E-state index in [4.69, 9.17) is 11.6 Å². The van der Waals surface area contributed by atoms with Crippen LogP contribution in [0.25, 0.3) is 0 Å². The van der Waals surface area contributed by atoms with Gasteiger partial charge in [0, 0.05) is 8.95 Å². The van der Waals surface area contributed by atoms with Crippen molar-refractivity contribution in [3.63, 3.8) is 0 Å². The van der Waals surface area contributed by atoms with Crippen molar-refractivity contribution in [3.05, 3.63) is 43.6 Å². The molecule has 0 fully saturated rings. The molecule has 0 radical (unpaired) electrons. The Morgan fingerprint density at radius 3 is 2.44 bits per heavy atom. The molecule has 0 saturated heterocycles. The molecule has 1 aromatic heterocycles. The van der Waals surface area contributed by atoms with E-state index in [9.17, 15) is 8.42 Å². The number of hydrogen-bond donors (Lipinski definition) is 1. The summed E-state index contributed by atoms with van der Waals surface area (Å²) < 4.78 is 28.1. The number of rotatable bonds is 3. The molecule has 18 heavy (non-hydrogen) atoms. The summed E-state index contributed by atoms with van der Waals surface area (Å²) >= 11 is 13.4. The first-order chi connectivity index (χ1) is 8.40. The minimum absolute atomic E-state index is 0.244. The van der Waals surface area contributed by atoms with Crippen LogP contribution in [-0.2, 0) is 10.0 Å². The maximum Gasteiger partial charge on any atom is 0.272 e. The van der Waals surface area contributed by atoms with Gasteiger partial charge in [0.2, 0.25) is 0 Å². The van der Waals surface area contributed by atoms with E-state index in [0.717, 1.165) is 11.3 Å². The van der Waals surface area contributed by atoms with Crippen LogP contribution in [0.3, 0.4) is 0 Å². The van der Waals surface area contributed by atoms with Gasteiger partial charge in [-0.25, -0.2) is 8.42 Å². The van der Waals surface area contributed by atoms with Crippen molar-refractivity contribution >= 4 is 70.5 Å². The van der Waals surface area contributed by atoms with Crippen LogP contribution in [0, 0.1) is 0 Å². The molecule has 1 heterocycles. The molecule has 1 N–H and O–H groups in total. The molecule has 0 atom stereocenters. The highest BCUT2D eigenvalue weighted by Crippen LogP contribution is 2.31. The molecule has 2 aromatic rings. The molecule has 0 amide bonds. The van der Waals surface area contributed by atoms with E-state index in [1.807, 2.05) is 0 Å². The molecule has 1 aromatic carbocycles. The Morgan fingerprint density at radius 1 is 1.17 bits per heavy atom. The maximum absolute atomic E-state index is 12.1. The van der Waals surface area contributed by atoms with Crippen molar-refractivity contribution in [2.75, 3.05) is 4.72 Å². The number of sulfonamides is 1. The third kappa shape index (κ3) is 3.08. The van der Waals surface area contributed by atoms with Crippen LogP contribution in [-0.4, -0.2) is 8.42 Å². The summed E-state index contributed by atoms with van der Waals surface area (Å²) in [5.41, 5.74) is 0.451. The molecule has 96 valence electrons. The zero-order valence-corrected chi connectivity index (χ0v) is 14.2. The predicted octanol–water partition coefficient (Wildman–Crippen LogP) is 4.73. The van der Waals surface area contributed by atoms with Gasteiger partial charge in [0.25, 0.3) is 10.0 Å². The van der Waals surface area contributed by atoms with Crippen LogP contribution in [0.15, 0.2) is 42.8 Å². The highest BCUT2D eigenvalue weighted by atomic mass is 79.9. The van der Waals surface area contributed by atoms with Crippen molar-refractivity contribution in [2.24, 2.45) is 0 Å². The van der Waals surface area contributed by atoms with Crippen molar-refractivity contribution in [1.29, 1.82) is 0 Å². The van der Waals surface area contributed by atoms with E-state index in [1.54, 1.807) is 29.6 Å². The van der Waals surface area contributed by atoms with Gasteiger partial charge in [-0.1, -0.05) is 11.6 Å². The summed E-state index contributed by atoms with van der Waals surface area (Å²) in [6, 6.07) is 6.53. The number of hydrogen-bond acceptors (Lipinski definition) is 3. The summed E-state index contributed by atoms with van der Waals surface area (Å²) in [6.07, 6.45) is 0. The minimum atomic E-state index is -3.57. The summed E-state index contributed by atoms with van der Waals surface area (Å²) in [5, 5.41) is 2.23. The van der Waals surface area contributed by atoms with Gasteiger partial charge in [0.15, 0.2) is 4.21 Å². The summed E-state index contributed by atoms with van der Waals surface area (Å²) in [5.74, 6) is 0. The highest BCUT2D eigenvalue weighted by molar-refractivity contribution is 9.10. The molecular formula is C10H6Br2ClNO2S2. The Morgan fingerprint density at radius 2 is 1.89 bits per heavy atom. The first-order valence-electron chi connectivity index (χ1n) is 4.61. The van der Waals surface area contributed by atoms with Crippen LogP contribution < -0.4 is 4.72 Å².